The Labute approximate surface area is 131 Å². The fourth-order valence-electron chi connectivity index (χ4n) is 6.93. The minimum Gasteiger partial charge on any atom is -0.380 e. The number of nitrogens with one attached hydrogen (secondary N) is 1. The van der Waals surface area contributed by atoms with Gasteiger partial charge in [0, 0.05) is 12.6 Å². The zero-order valence-electron chi connectivity index (χ0n) is 14.6. The van der Waals surface area contributed by atoms with Gasteiger partial charge in [0.2, 0.25) is 0 Å². The maximum atomic E-state index is 5.89. The Morgan fingerprint density at radius 1 is 1.05 bits per heavy atom. The van der Waals surface area contributed by atoms with Crippen LogP contribution in [0.4, 0.5) is 0 Å². The minimum atomic E-state index is 0.507. The molecule has 0 aromatic rings. The highest BCUT2D eigenvalue weighted by Gasteiger charge is 2.61. The van der Waals surface area contributed by atoms with Crippen LogP contribution in [0, 0.1) is 22.2 Å². The van der Waals surface area contributed by atoms with Crippen LogP contribution in [0.1, 0.15) is 72.6 Å². The summed E-state index contributed by atoms with van der Waals surface area (Å²) in [7, 11) is 0. The van der Waals surface area contributed by atoms with E-state index in [2.05, 4.69) is 33.0 Å². The van der Waals surface area contributed by atoms with Crippen molar-refractivity contribution in [3.63, 3.8) is 0 Å². The van der Waals surface area contributed by atoms with Gasteiger partial charge in [-0.05, 0) is 80.6 Å². The van der Waals surface area contributed by atoms with Gasteiger partial charge in [0.05, 0.1) is 6.61 Å². The summed E-state index contributed by atoms with van der Waals surface area (Å²) >= 11 is 0. The summed E-state index contributed by atoms with van der Waals surface area (Å²) in [6.45, 7) is 12.4. The molecular formula is C19H35NO. The van der Waals surface area contributed by atoms with Gasteiger partial charge < -0.3 is 10.1 Å². The molecule has 4 saturated carbocycles. The zero-order chi connectivity index (χ0) is 15.1. The molecule has 3 atom stereocenters. The fourth-order valence-corrected chi connectivity index (χ4v) is 6.93. The second-order valence-corrected chi connectivity index (χ2v) is 9.16. The first kappa shape index (κ1) is 15.8. The summed E-state index contributed by atoms with van der Waals surface area (Å²) in [5.41, 5.74) is 1.71. The molecule has 0 aromatic heterocycles. The van der Waals surface area contributed by atoms with Crippen molar-refractivity contribution in [2.45, 2.75) is 78.7 Å². The van der Waals surface area contributed by atoms with Crippen molar-refractivity contribution < 1.29 is 4.74 Å². The van der Waals surface area contributed by atoms with E-state index >= 15 is 0 Å². The van der Waals surface area contributed by atoms with Gasteiger partial charge in [-0.3, -0.25) is 0 Å². The summed E-state index contributed by atoms with van der Waals surface area (Å²) in [6.07, 6.45) is 9.97. The van der Waals surface area contributed by atoms with Crippen LogP contribution in [0.3, 0.4) is 0 Å². The minimum absolute atomic E-state index is 0.507. The second-order valence-electron chi connectivity index (χ2n) is 9.16. The molecule has 1 N–H and O–H groups in total. The molecule has 0 spiro atoms. The lowest BCUT2D eigenvalue weighted by molar-refractivity contribution is -0.164. The molecule has 0 radical (unpaired) electrons. The van der Waals surface area contributed by atoms with E-state index in [0.29, 0.717) is 22.3 Å². The average Bonchev–Trinajstić information content (AvgIpc) is 2.34. The Bertz CT molecular complexity index is 354. The number of hydrogen-bond acceptors (Lipinski definition) is 2. The van der Waals surface area contributed by atoms with Crippen LogP contribution in [0.2, 0.25) is 0 Å². The largest absolute Gasteiger partial charge is 0.380 e. The van der Waals surface area contributed by atoms with Crippen LogP contribution < -0.4 is 5.32 Å². The normalized spacial score (nSPS) is 46.0. The smallest absolute Gasteiger partial charge is 0.0624 e. The molecule has 4 rings (SSSR count). The van der Waals surface area contributed by atoms with Gasteiger partial charge in [0.25, 0.3) is 0 Å². The van der Waals surface area contributed by atoms with Gasteiger partial charge >= 0.3 is 0 Å². The maximum absolute atomic E-state index is 5.89. The lowest BCUT2D eigenvalue weighted by atomic mass is 9.39. The molecule has 0 amide bonds. The monoisotopic (exact) mass is 293 g/mol. The number of hydrogen-bond donors (Lipinski definition) is 1. The standard InChI is InChI=1S/C19H35NO/c1-5-7-20-16(11-21-6-2)19-10-15-8-17(3,13-19)12-18(4,9-15)14-19/h15-16,20H,5-14H2,1-4H3. The third kappa shape index (κ3) is 2.91. The van der Waals surface area contributed by atoms with E-state index in [4.69, 9.17) is 4.74 Å². The maximum Gasteiger partial charge on any atom is 0.0624 e. The Kier molecular flexibility index (Phi) is 4.16. The average molecular weight is 293 g/mol. The fraction of sp³-hybridized carbons (Fsp3) is 1.00. The van der Waals surface area contributed by atoms with Crippen LogP contribution >= 0.6 is 0 Å². The first-order valence-corrected chi connectivity index (χ1v) is 9.24. The molecule has 0 aliphatic heterocycles. The van der Waals surface area contributed by atoms with Gasteiger partial charge in [0.15, 0.2) is 0 Å². The van der Waals surface area contributed by atoms with Crippen LogP contribution in [0.15, 0.2) is 0 Å². The van der Waals surface area contributed by atoms with Crippen LogP contribution in [-0.2, 0) is 4.74 Å². The number of rotatable bonds is 7. The van der Waals surface area contributed by atoms with Gasteiger partial charge in [-0.1, -0.05) is 20.8 Å². The zero-order valence-corrected chi connectivity index (χ0v) is 14.6. The number of ether oxygens (including phenoxy) is 1. The van der Waals surface area contributed by atoms with E-state index < -0.39 is 0 Å². The topological polar surface area (TPSA) is 21.3 Å². The molecular weight excluding hydrogens is 258 g/mol. The van der Waals surface area contributed by atoms with E-state index in [1.807, 2.05) is 0 Å². The molecule has 0 saturated heterocycles. The first-order valence-electron chi connectivity index (χ1n) is 9.24. The summed E-state index contributed by atoms with van der Waals surface area (Å²) in [5.74, 6) is 0.976. The quantitative estimate of drug-likeness (QED) is 0.752. The SMILES string of the molecule is CCCNC(COCC)C12CC3CC(C)(CC(C)(C3)C1)C2. The Morgan fingerprint density at radius 3 is 2.24 bits per heavy atom. The van der Waals surface area contributed by atoms with E-state index in [-0.39, 0.29) is 0 Å². The van der Waals surface area contributed by atoms with E-state index in [9.17, 15) is 0 Å². The summed E-state index contributed by atoms with van der Waals surface area (Å²) in [5, 5.41) is 3.87. The van der Waals surface area contributed by atoms with Crippen molar-refractivity contribution in [3.05, 3.63) is 0 Å². The van der Waals surface area contributed by atoms with Crippen molar-refractivity contribution in [2.75, 3.05) is 19.8 Å². The van der Waals surface area contributed by atoms with Gasteiger partial charge in [-0.2, -0.15) is 0 Å². The Balaban J connectivity index is 1.83. The molecule has 0 aromatic carbocycles. The van der Waals surface area contributed by atoms with Crippen molar-refractivity contribution in [3.8, 4) is 0 Å². The molecule has 2 nitrogen and oxygen atoms in total. The third-order valence-corrected chi connectivity index (χ3v) is 6.54. The van der Waals surface area contributed by atoms with Crippen molar-refractivity contribution in [2.24, 2.45) is 22.2 Å². The molecule has 4 aliphatic carbocycles. The lowest BCUT2D eigenvalue weighted by Gasteiger charge is -2.67. The molecule has 21 heavy (non-hydrogen) atoms. The van der Waals surface area contributed by atoms with E-state index in [1.165, 1.54) is 44.9 Å². The third-order valence-electron chi connectivity index (χ3n) is 6.54. The van der Waals surface area contributed by atoms with Crippen LogP contribution in [-0.4, -0.2) is 25.8 Å². The van der Waals surface area contributed by atoms with E-state index in [1.54, 1.807) is 0 Å². The predicted octanol–water partition coefficient (Wildman–Crippen LogP) is 4.39. The lowest BCUT2D eigenvalue weighted by Crippen LogP contribution is -2.62. The van der Waals surface area contributed by atoms with Gasteiger partial charge in [-0.25, -0.2) is 0 Å². The van der Waals surface area contributed by atoms with Crippen molar-refractivity contribution in [1.82, 2.24) is 5.32 Å². The summed E-state index contributed by atoms with van der Waals surface area (Å²) < 4.78 is 5.89. The van der Waals surface area contributed by atoms with Gasteiger partial charge in [0.1, 0.15) is 0 Å². The molecule has 0 heterocycles. The highest BCUT2D eigenvalue weighted by atomic mass is 16.5. The molecule has 2 heteroatoms. The molecule has 4 fully saturated rings. The van der Waals surface area contributed by atoms with Crippen LogP contribution in [0.5, 0.6) is 0 Å². The molecule has 4 aliphatic rings. The van der Waals surface area contributed by atoms with E-state index in [0.717, 1.165) is 25.7 Å². The highest BCUT2D eigenvalue weighted by molar-refractivity contribution is 5.13. The first-order chi connectivity index (χ1) is 9.93. The molecule has 4 bridgehead atoms. The summed E-state index contributed by atoms with van der Waals surface area (Å²) in [6, 6.07) is 0.569. The second kappa shape index (κ2) is 5.53. The van der Waals surface area contributed by atoms with Crippen molar-refractivity contribution >= 4 is 0 Å². The van der Waals surface area contributed by atoms with Crippen LogP contribution in [0.25, 0.3) is 0 Å². The highest BCUT2D eigenvalue weighted by Crippen LogP contribution is 2.70. The Hall–Kier alpha value is -0.0800. The summed E-state index contributed by atoms with van der Waals surface area (Å²) in [4.78, 5) is 0. The van der Waals surface area contributed by atoms with Gasteiger partial charge in [-0.15, -0.1) is 0 Å². The molecule has 122 valence electrons. The van der Waals surface area contributed by atoms with Crippen molar-refractivity contribution in [1.29, 1.82) is 0 Å². The molecule has 3 unspecified atom stereocenters. The predicted molar refractivity (Wildman–Crippen MR) is 88.4 cm³/mol. The Morgan fingerprint density at radius 2 is 1.71 bits per heavy atom.